The molecule has 0 heterocycles. The summed E-state index contributed by atoms with van der Waals surface area (Å²) in [7, 11) is 0. The predicted octanol–water partition coefficient (Wildman–Crippen LogP) is 2.63. The van der Waals surface area contributed by atoms with Gasteiger partial charge in [-0.15, -0.1) is 0 Å². The zero-order chi connectivity index (χ0) is 15.9. The number of nitrogens with two attached hydrogens (primary N) is 1. The van der Waals surface area contributed by atoms with Gasteiger partial charge in [-0.25, -0.2) is 4.39 Å². The van der Waals surface area contributed by atoms with Crippen molar-refractivity contribution < 1.29 is 14.0 Å². The zero-order valence-electron chi connectivity index (χ0n) is 12.5. The molecule has 2 rings (SSSR count). The average molecular weight is 307 g/mol. The van der Waals surface area contributed by atoms with E-state index in [0.29, 0.717) is 5.69 Å². The molecule has 0 spiro atoms. The van der Waals surface area contributed by atoms with Crippen LogP contribution in [0.2, 0.25) is 0 Å². The van der Waals surface area contributed by atoms with Crippen molar-refractivity contribution in [2.24, 2.45) is 11.7 Å². The Hall–Kier alpha value is -1.95. The molecule has 0 saturated heterocycles. The molecule has 120 valence electrons. The number of benzene rings is 1. The van der Waals surface area contributed by atoms with Crippen molar-refractivity contribution in [2.45, 2.75) is 38.5 Å². The molecule has 5 nitrogen and oxygen atoms in total. The van der Waals surface area contributed by atoms with Crippen LogP contribution in [-0.2, 0) is 9.59 Å². The molecular formula is C16H22FN3O2. The van der Waals surface area contributed by atoms with Crippen LogP contribution in [0, 0.1) is 11.7 Å². The van der Waals surface area contributed by atoms with Gasteiger partial charge in [0.2, 0.25) is 11.8 Å². The summed E-state index contributed by atoms with van der Waals surface area (Å²) in [5.74, 6) is -0.855. The lowest BCUT2D eigenvalue weighted by Crippen LogP contribution is -2.25. The van der Waals surface area contributed by atoms with Crippen molar-refractivity contribution in [3.63, 3.8) is 0 Å². The number of halogens is 1. The lowest BCUT2D eigenvalue weighted by Gasteiger charge is -2.21. The van der Waals surface area contributed by atoms with Gasteiger partial charge >= 0.3 is 0 Å². The summed E-state index contributed by atoms with van der Waals surface area (Å²) in [6.07, 6.45) is 5.18. The van der Waals surface area contributed by atoms with Crippen LogP contribution < -0.4 is 16.4 Å². The third-order valence-corrected chi connectivity index (χ3v) is 3.86. The van der Waals surface area contributed by atoms with Crippen LogP contribution >= 0.6 is 0 Å². The molecule has 6 heteroatoms. The molecule has 1 aromatic carbocycles. The Labute approximate surface area is 129 Å². The molecule has 2 amide bonds. The van der Waals surface area contributed by atoms with E-state index in [1.165, 1.54) is 24.6 Å². The maximum Gasteiger partial charge on any atom is 0.227 e. The molecule has 4 N–H and O–H groups in total. The molecular weight excluding hydrogens is 285 g/mol. The summed E-state index contributed by atoms with van der Waals surface area (Å²) >= 11 is 0. The highest BCUT2D eigenvalue weighted by atomic mass is 19.1. The van der Waals surface area contributed by atoms with Crippen LogP contribution in [0.1, 0.15) is 38.5 Å². The van der Waals surface area contributed by atoms with Crippen molar-refractivity contribution in [1.82, 2.24) is 0 Å². The van der Waals surface area contributed by atoms with E-state index in [2.05, 4.69) is 10.6 Å². The molecule has 1 aliphatic rings. The van der Waals surface area contributed by atoms with Crippen LogP contribution in [0.5, 0.6) is 0 Å². The number of hydrogen-bond acceptors (Lipinski definition) is 3. The molecule has 0 atom stereocenters. The summed E-state index contributed by atoms with van der Waals surface area (Å²) < 4.78 is 13.4. The molecule has 0 aliphatic heterocycles. The van der Waals surface area contributed by atoms with Gasteiger partial charge < -0.3 is 16.4 Å². The number of anilines is 2. The molecule has 1 aliphatic carbocycles. The predicted molar refractivity (Wildman–Crippen MR) is 83.9 cm³/mol. The highest BCUT2D eigenvalue weighted by Gasteiger charge is 2.22. The summed E-state index contributed by atoms with van der Waals surface area (Å²) in [6.45, 7) is 0.213. The summed E-state index contributed by atoms with van der Waals surface area (Å²) in [5.41, 5.74) is 6.01. The Balaban J connectivity index is 2.08. The molecule has 22 heavy (non-hydrogen) atoms. The van der Waals surface area contributed by atoms with Gasteiger partial charge in [0.1, 0.15) is 5.82 Å². The van der Waals surface area contributed by atoms with Crippen molar-refractivity contribution in [1.29, 1.82) is 0 Å². The van der Waals surface area contributed by atoms with Gasteiger partial charge in [-0.1, -0.05) is 19.3 Å². The fourth-order valence-electron chi connectivity index (χ4n) is 2.67. The molecule has 1 fully saturated rings. The molecule has 0 unspecified atom stereocenters. The first kappa shape index (κ1) is 16.4. The van der Waals surface area contributed by atoms with Crippen LogP contribution in [0.4, 0.5) is 15.8 Å². The maximum atomic E-state index is 13.4. The Morgan fingerprint density at radius 3 is 2.55 bits per heavy atom. The van der Waals surface area contributed by atoms with Crippen molar-refractivity contribution >= 4 is 23.2 Å². The Bertz CT molecular complexity index is 542. The van der Waals surface area contributed by atoms with Gasteiger partial charge in [0.05, 0.1) is 11.4 Å². The number of nitrogens with one attached hydrogen (secondary N) is 2. The van der Waals surface area contributed by atoms with Gasteiger partial charge in [-0.2, -0.15) is 0 Å². The molecule has 1 aromatic rings. The topological polar surface area (TPSA) is 84.2 Å². The van der Waals surface area contributed by atoms with Crippen LogP contribution in [0.25, 0.3) is 0 Å². The highest BCUT2D eigenvalue weighted by molar-refractivity contribution is 6.00. The molecule has 0 aromatic heterocycles. The average Bonchev–Trinajstić information content (AvgIpc) is 2.51. The Morgan fingerprint density at radius 1 is 1.14 bits per heavy atom. The van der Waals surface area contributed by atoms with Crippen molar-refractivity contribution in [3.8, 4) is 0 Å². The van der Waals surface area contributed by atoms with Gasteiger partial charge in [0, 0.05) is 18.9 Å². The van der Waals surface area contributed by atoms with E-state index in [0.717, 1.165) is 25.7 Å². The second-order valence-electron chi connectivity index (χ2n) is 5.60. The standard InChI is InChI=1S/C16H22FN3O2/c17-12-6-7-13(14(10-12)19-15(21)8-9-18)20-16(22)11-4-2-1-3-5-11/h6-7,10-11H,1-5,8-9,18H2,(H,19,21)(H,20,22). The number of amides is 2. The van der Waals surface area contributed by atoms with E-state index < -0.39 is 5.82 Å². The minimum Gasteiger partial charge on any atom is -0.330 e. The summed E-state index contributed by atoms with van der Waals surface area (Å²) in [6, 6.07) is 3.92. The second-order valence-corrected chi connectivity index (χ2v) is 5.60. The van der Waals surface area contributed by atoms with Crippen LogP contribution in [0.15, 0.2) is 18.2 Å². The minimum absolute atomic E-state index is 0.00797. The lowest BCUT2D eigenvalue weighted by molar-refractivity contribution is -0.120. The van der Waals surface area contributed by atoms with Crippen molar-refractivity contribution in [2.75, 3.05) is 17.2 Å². The monoisotopic (exact) mass is 307 g/mol. The number of carbonyl (C=O) groups excluding carboxylic acids is 2. The Kier molecular flexibility index (Phi) is 5.89. The molecule has 0 radical (unpaired) electrons. The fourth-order valence-corrected chi connectivity index (χ4v) is 2.67. The van der Waals surface area contributed by atoms with E-state index in [1.54, 1.807) is 0 Å². The van der Waals surface area contributed by atoms with E-state index in [9.17, 15) is 14.0 Å². The van der Waals surface area contributed by atoms with E-state index in [-0.39, 0.29) is 36.4 Å². The van der Waals surface area contributed by atoms with Gasteiger partial charge in [0.15, 0.2) is 0 Å². The number of carbonyl (C=O) groups is 2. The van der Waals surface area contributed by atoms with E-state index in [4.69, 9.17) is 5.73 Å². The lowest BCUT2D eigenvalue weighted by atomic mass is 9.88. The first-order valence-electron chi connectivity index (χ1n) is 7.70. The van der Waals surface area contributed by atoms with Gasteiger partial charge in [0.25, 0.3) is 0 Å². The third kappa shape index (κ3) is 4.53. The van der Waals surface area contributed by atoms with E-state index in [1.807, 2.05) is 0 Å². The minimum atomic E-state index is -0.473. The van der Waals surface area contributed by atoms with Crippen molar-refractivity contribution in [3.05, 3.63) is 24.0 Å². The quantitative estimate of drug-likeness (QED) is 0.782. The summed E-state index contributed by atoms with van der Waals surface area (Å²) in [5, 5.41) is 5.39. The molecule has 0 bridgehead atoms. The fraction of sp³-hybridized carbons (Fsp3) is 0.500. The molecule has 1 saturated carbocycles. The highest BCUT2D eigenvalue weighted by Crippen LogP contribution is 2.28. The normalized spacial score (nSPS) is 15.4. The van der Waals surface area contributed by atoms with Crippen LogP contribution in [-0.4, -0.2) is 18.4 Å². The smallest absolute Gasteiger partial charge is 0.227 e. The maximum absolute atomic E-state index is 13.4. The van der Waals surface area contributed by atoms with E-state index >= 15 is 0 Å². The zero-order valence-corrected chi connectivity index (χ0v) is 12.5. The second kappa shape index (κ2) is 7.89. The third-order valence-electron chi connectivity index (χ3n) is 3.86. The van der Waals surface area contributed by atoms with Gasteiger partial charge in [-0.3, -0.25) is 9.59 Å². The number of hydrogen-bond donors (Lipinski definition) is 3. The SMILES string of the molecule is NCCC(=O)Nc1cc(F)ccc1NC(=O)C1CCCCC1. The first-order chi connectivity index (χ1) is 10.6. The number of rotatable bonds is 5. The summed E-state index contributed by atoms with van der Waals surface area (Å²) in [4.78, 5) is 23.9. The Morgan fingerprint density at radius 2 is 1.86 bits per heavy atom. The van der Waals surface area contributed by atoms with Crippen LogP contribution in [0.3, 0.4) is 0 Å². The van der Waals surface area contributed by atoms with Gasteiger partial charge in [-0.05, 0) is 31.0 Å². The largest absolute Gasteiger partial charge is 0.330 e. The first-order valence-corrected chi connectivity index (χ1v) is 7.70.